The van der Waals surface area contributed by atoms with Crippen molar-refractivity contribution in [2.45, 2.75) is 33.3 Å². The van der Waals surface area contributed by atoms with Gasteiger partial charge >= 0.3 is 6.09 Å². The number of amides is 1. The summed E-state index contributed by atoms with van der Waals surface area (Å²) >= 11 is 0. The van der Waals surface area contributed by atoms with Crippen LogP contribution in [0.2, 0.25) is 0 Å². The molecule has 0 heterocycles. The minimum Gasteiger partial charge on any atom is -0.444 e. The molecule has 2 aromatic carbocycles. The van der Waals surface area contributed by atoms with E-state index >= 15 is 0 Å². The van der Waals surface area contributed by atoms with Crippen LogP contribution in [0.4, 0.5) is 21.9 Å². The van der Waals surface area contributed by atoms with Crippen LogP contribution in [0, 0.1) is 0 Å². The van der Waals surface area contributed by atoms with Crippen LogP contribution in [0.1, 0.15) is 32.3 Å². The molecule has 5 nitrogen and oxygen atoms in total. The molecule has 0 bridgehead atoms. The van der Waals surface area contributed by atoms with Gasteiger partial charge in [0.25, 0.3) is 0 Å². The van der Waals surface area contributed by atoms with E-state index in [-0.39, 0.29) is 6.61 Å². The predicted molar refractivity (Wildman–Crippen MR) is 104 cm³/mol. The van der Waals surface area contributed by atoms with Gasteiger partial charge in [-0.25, -0.2) is 4.79 Å². The van der Waals surface area contributed by atoms with Crippen molar-refractivity contribution in [2.75, 3.05) is 29.0 Å². The zero-order valence-corrected chi connectivity index (χ0v) is 15.0. The number of hydrogen-bond acceptors (Lipinski definition) is 4. The molecule has 0 atom stereocenters. The fraction of sp³-hybridized carbons (Fsp3) is 0.350. The molecule has 1 amide bonds. The third-order valence-corrected chi connectivity index (χ3v) is 3.82. The zero-order valence-electron chi connectivity index (χ0n) is 15.0. The van der Waals surface area contributed by atoms with Crippen molar-refractivity contribution in [3.8, 4) is 0 Å². The Labute approximate surface area is 149 Å². The molecular formula is C20H27N3O2. The van der Waals surface area contributed by atoms with Crippen LogP contribution in [0.15, 0.2) is 48.5 Å². The highest BCUT2D eigenvalue weighted by atomic mass is 16.5. The topological polar surface area (TPSA) is 67.6 Å². The molecule has 0 aliphatic carbocycles. The third-order valence-electron chi connectivity index (χ3n) is 3.82. The number of benzene rings is 2. The number of carbonyl (C=O) groups is 1. The number of hydrogen-bond donors (Lipinski definition) is 2. The van der Waals surface area contributed by atoms with Crippen molar-refractivity contribution in [1.82, 2.24) is 0 Å². The van der Waals surface area contributed by atoms with Gasteiger partial charge in [0.2, 0.25) is 0 Å². The van der Waals surface area contributed by atoms with Crippen LogP contribution >= 0.6 is 0 Å². The van der Waals surface area contributed by atoms with Crippen LogP contribution in [-0.2, 0) is 11.3 Å². The molecule has 134 valence electrons. The first kappa shape index (κ1) is 18.6. The van der Waals surface area contributed by atoms with Crippen LogP contribution in [0.3, 0.4) is 0 Å². The Bertz CT molecular complexity index is 648. The SMILES string of the molecule is CCCN(CCC)c1ccc(NC(=O)OCc2ccc(N)cc2)cc1. The fourth-order valence-electron chi connectivity index (χ4n) is 2.58. The van der Waals surface area contributed by atoms with E-state index < -0.39 is 6.09 Å². The van der Waals surface area contributed by atoms with Gasteiger partial charge in [0.05, 0.1) is 0 Å². The lowest BCUT2D eigenvalue weighted by molar-refractivity contribution is 0.155. The lowest BCUT2D eigenvalue weighted by Gasteiger charge is -2.24. The molecule has 0 spiro atoms. The molecule has 2 rings (SSSR count). The highest BCUT2D eigenvalue weighted by Gasteiger charge is 2.07. The second-order valence-corrected chi connectivity index (χ2v) is 5.98. The smallest absolute Gasteiger partial charge is 0.411 e. The molecule has 0 radical (unpaired) electrons. The summed E-state index contributed by atoms with van der Waals surface area (Å²) in [7, 11) is 0. The second kappa shape index (κ2) is 9.57. The Balaban J connectivity index is 1.87. The minimum absolute atomic E-state index is 0.213. The summed E-state index contributed by atoms with van der Waals surface area (Å²) in [4.78, 5) is 14.3. The number of rotatable bonds is 8. The number of nitrogens with one attached hydrogen (secondary N) is 1. The monoisotopic (exact) mass is 341 g/mol. The van der Waals surface area contributed by atoms with Gasteiger partial charge < -0.3 is 15.4 Å². The van der Waals surface area contributed by atoms with Crippen LogP contribution in [-0.4, -0.2) is 19.2 Å². The third kappa shape index (κ3) is 6.03. The van der Waals surface area contributed by atoms with Crippen LogP contribution in [0.25, 0.3) is 0 Å². The molecule has 5 heteroatoms. The normalized spacial score (nSPS) is 10.3. The molecule has 0 aliphatic heterocycles. The minimum atomic E-state index is -0.469. The van der Waals surface area contributed by atoms with E-state index in [1.807, 2.05) is 36.4 Å². The van der Waals surface area contributed by atoms with Crippen molar-refractivity contribution in [2.24, 2.45) is 0 Å². The Morgan fingerprint density at radius 1 is 1.00 bits per heavy atom. The summed E-state index contributed by atoms with van der Waals surface area (Å²) in [6.07, 6.45) is 1.75. The lowest BCUT2D eigenvalue weighted by atomic mass is 10.2. The highest BCUT2D eigenvalue weighted by Crippen LogP contribution is 2.19. The molecule has 25 heavy (non-hydrogen) atoms. The molecule has 2 aromatic rings. The average molecular weight is 341 g/mol. The fourth-order valence-corrected chi connectivity index (χ4v) is 2.58. The Morgan fingerprint density at radius 3 is 2.16 bits per heavy atom. The average Bonchev–Trinajstić information content (AvgIpc) is 2.62. The summed E-state index contributed by atoms with van der Waals surface area (Å²) < 4.78 is 5.23. The van der Waals surface area contributed by atoms with Crippen LogP contribution in [0.5, 0.6) is 0 Å². The molecular weight excluding hydrogens is 314 g/mol. The number of nitrogens with zero attached hydrogens (tertiary/aromatic N) is 1. The number of nitrogens with two attached hydrogens (primary N) is 1. The van der Waals surface area contributed by atoms with Gasteiger partial charge in [-0.05, 0) is 54.8 Å². The maximum Gasteiger partial charge on any atom is 0.411 e. The first-order chi connectivity index (χ1) is 12.1. The number of nitrogen functional groups attached to an aromatic ring is 1. The second-order valence-electron chi connectivity index (χ2n) is 5.98. The summed E-state index contributed by atoms with van der Waals surface area (Å²) in [6.45, 7) is 6.63. The first-order valence-electron chi connectivity index (χ1n) is 8.75. The van der Waals surface area contributed by atoms with Crippen molar-refractivity contribution >= 4 is 23.2 Å². The number of anilines is 3. The Morgan fingerprint density at radius 2 is 1.60 bits per heavy atom. The summed E-state index contributed by atoms with van der Waals surface area (Å²) in [5.41, 5.74) is 9.11. The van der Waals surface area contributed by atoms with E-state index in [1.165, 1.54) is 5.69 Å². The Kier molecular flexibility index (Phi) is 7.14. The van der Waals surface area contributed by atoms with E-state index in [0.29, 0.717) is 5.69 Å². The van der Waals surface area contributed by atoms with E-state index in [2.05, 4.69) is 24.1 Å². The van der Waals surface area contributed by atoms with Crippen molar-refractivity contribution in [3.05, 3.63) is 54.1 Å². The molecule has 0 aromatic heterocycles. The van der Waals surface area contributed by atoms with Crippen molar-refractivity contribution in [3.63, 3.8) is 0 Å². The van der Waals surface area contributed by atoms with Crippen molar-refractivity contribution < 1.29 is 9.53 Å². The highest BCUT2D eigenvalue weighted by molar-refractivity contribution is 5.84. The maximum atomic E-state index is 11.9. The zero-order chi connectivity index (χ0) is 18.1. The van der Waals surface area contributed by atoms with E-state index in [0.717, 1.165) is 37.2 Å². The van der Waals surface area contributed by atoms with Crippen LogP contribution < -0.4 is 16.0 Å². The van der Waals surface area contributed by atoms with Gasteiger partial charge in [-0.15, -0.1) is 0 Å². The maximum absolute atomic E-state index is 11.9. The predicted octanol–water partition coefficient (Wildman–Crippen LogP) is 4.64. The standard InChI is InChI=1S/C20H27N3O2/c1-3-13-23(14-4-2)19-11-9-18(10-12-19)22-20(24)25-15-16-5-7-17(21)8-6-16/h5-12H,3-4,13-15,21H2,1-2H3,(H,22,24). The van der Waals surface area contributed by atoms with Gasteiger partial charge in [-0.2, -0.15) is 0 Å². The molecule has 0 saturated carbocycles. The van der Waals surface area contributed by atoms with Gasteiger partial charge in [-0.3, -0.25) is 5.32 Å². The molecule has 3 N–H and O–H groups in total. The van der Waals surface area contributed by atoms with Gasteiger partial charge in [0, 0.05) is 30.2 Å². The molecule has 0 fully saturated rings. The molecule has 0 saturated heterocycles. The summed E-state index contributed by atoms with van der Waals surface area (Å²) in [6, 6.07) is 15.1. The Hall–Kier alpha value is -2.69. The lowest BCUT2D eigenvalue weighted by Crippen LogP contribution is -2.24. The van der Waals surface area contributed by atoms with Gasteiger partial charge in [-0.1, -0.05) is 26.0 Å². The number of carbonyl (C=O) groups excluding carboxylic acids is 1. The van der Waals surface area contributed by atoms with Gasteiger partial charge in [0.15, 0.2) is 0 Å². The van der Waals surface area contributed by atoms with E-state index in [1.54, 1.807) is 12.1 Å². The van der Waals surface area contributed by atoms with Gasteiger partial charge in [0.1, 0.15) is 6.61 Å². The largest absolute Gasteiger partial charge is 0.444 e. The number of ether oxygens (including phenoxy) is 1. The first-order valence-corrected chi connectivity index (χ1v) is 8.75. The van der Waals surface area contributed by atoms with E-state index in [4.69, 9.17) is 10.5 Å². The van der Waals surface area contributed by atoms with E-state index in [9.17, 15) is 4.79 Å². The summed E-state index contributed by atoms with van der Waals surface area (Å²) in [5.74, 6) is 0. The van der Waals surface area contributed by atoms with Crippen molar-refractivity contribution in [1.29, 1.82) is 0 Å². The summed E-state index contributed by atoms with van der Waals surface area (Å²) in [5, 5.41) is 2.75. The molecule has 0 aliphatic rings. The molecule has 0 unspecified atom stereocenters. The quantitative estimate of drug-likeness (QED) is 0.686.